The van der Waals surface area contributed by atoms with E-state index in [0.29, 0.717) is 11.1 Å². The van der Waals surface area contributed by atoms with Gasteiger partial charge >= 0.3 is 15.6 Å². The molecule has 1 heterocycles. The van der Waals surface area contributed by atoms with Gasteiger partial charge in [-0.15, -0.1) is 0 Å². The molecule has 0 unspecified atom stereocenters. The zero-order chi connectivity index (χ0) is 18.2. The van der Waals surface area contributed by atoms with Crippen LogP contribution in [0, 0.1) is 0 Å². The summed E-state index contributed by atoms with van der Waals surface area (Å²) in [6.45, 7) is 0. The number of aromatic nitrogens is 2. The number of anilines is 1. The van der Waals surface area contributed by atoms with Crippen LogP contribution in [-0.4, -0.2) is 23.9 Å². The average molecular weight is 369 g/mol. The zero-order valence-electron chi connectivity index (χ0n) is 12.4. The van der Waals surface area contributed by atoms with Gasteiger partial charge in [0.15, 0.2) is 5.75 Å². The molecule has 6 nitrogen and oxygen atoms in total. The van der Waals surface area contributed by atoms with Crippen LogP contribution in [0.5, 0.6) is 5.75 Å². The van der Waals surface area contributed by atoms with E-state index in [1.54, 1.807) is 36.4 Å². The first kappa shape index (κ1) is 17.0. The van der Waals surface area contributed by atoms with Gasteiger partial charge in [-0.2, -0.15) is 21.6 Å². The van der Waals surface area contributed by atoms with E-state index in [9.17, 15) is 21.6 Å². The predicted molar refractivity (Wildman–Crippen MR) is 85.0 cm³/mol. The molecule has 0 saturated carbocycles. The van der Waals surface area contributed by atoms with Crippen LogP contribution in [0.1, 0.15) is 0 Å². The highest BCUT2D eigenvalue weighted by molar-refractivity contribution is 7.88. The van der Waals surface area contributed by atoms with Crippen molar-refractivity contribution in [3.05, 3.63) is 48.8 Å². The van der Waals surface area contributed by atoms with Gasteiger partial charge in [-0.05, 0) is 23.3 Å². The smallest absolute Gasteiger partial charge is 0.383 e. The van der Waals surface area contributed by atoms with Crippen LogP contribution < -0.4 is 9.92 Å². The second-order valence-corrected chi connectivity index (χ2v) is 6.52. The van der Waals surface area contributed by atoms with E-state index < -0.39 is 21.4 Å². The number of alkyl halides is 3. The molecule has 0 amide bonds. The zero-order valence-corrected chi connectivity index (χ0v) is 13.2. The van der Waals surface area contributed by atoms with Crippen molar-refractivity contribution < 1.29 is 25.8 Å². The topological polar surface area (TPSA) is 95.2 Å². The van der Waals surface area contributed by atoms with Crippen molar-refractivity contribution in [1.82, 2.24) is 9.97 Å². The highest BCUT2D eigenvalue weighted by Gasteiger charge is 2.48. The first-order valence-electron chi connectivity index (χ1n) is 6.79. The third kappa shape index (κ3) is 3.20. The Morgan fingerprint density at radius 2 is 1.68 bits per heavy atom. The van der Waals surface area contributed by atoms with Gasteiger partial charge in [0.1, 0.15) is 17.7 Å². The molecule has 3 rings (SSSR count). The van der Waals surface area contributed by atoms with Gasteiger partial charge in [-0.1, -0.05) is 30.3 Å². The lowest BCUT2D eigenvalue weighted by atomic mass is 10.0. The number of nitrogen functional groups attached to an aromatic ring is 1. The van der Waals surface area contributed by atoms with Crippen molar-refractivity contribution in [2.24, 2.45) is 0 Å². The molecular formula is C15H10F3N3O3S. The second kappa shape index (κ2) is 5.88. The fourth-order valence-corrected chi connectivity index (χ4v) is 2.64. The third-order valence-corrected chi connectivity index (χ3v) is 4.29. The number of nitrogens with zero attached hydrogens (tertiary/aromatic N) is 2. The summed E-state index contributed by atoms with van der Waals surface area (Å²) in [5.41, 5.74) is 1.07. The first-order valence-corrected chi connectivity index (χ1v) is 8.20. The normalized spacial score (nSPS) is 12.3. The number of halogens is 3. The number of nitrogens with two attached hydrogens (primary N) is 1. The van der Waals surface area contributed by atoms with Crippen LogP contribution in [0.3, 0.4) is 0 Å². The number of hydrogen-bond acceptors (Lipinski definition) is 6. The molecule has 0 aliphatic rings. The Morgan fingerprint density at radius 1 is 1.00 bits per heavy atom. The molecular weight excluding hydrogens is 359 g/mol. The van der Waals surface area contributed by atoms with Crippen molar-refractivity contribution in [3.8, 4) is 16.9 Å². The SMILES string of the molecule is Nc1ncnc2c(OS(=O)(=O)C(F)(F)F)cc(-c3ccccc3)cc12. The van der Waals surface area contributed by atoms with Crippen LogP contribution >= 0.6 is 0 Å². The standard InChI is InChI=1S/C15H10F3N3O3S/c16-15(17,18)25(22,23)24-12-7-10(9-4-2-1-3-5-9)6-11-13(12)20-8-21-14(11)19/h1-8H,(H2,19,20,21). The Balaban J connectivity index is 2.25. The van der Waals surface area contributed by atoms with Gasteiger partial charge in [0.05, 0.1) is 0 Å². The molecule has 0 spiro atoms. The summed E-state index contributed by atoms with van der Waals surface area (Å²) < 4.78 is 65.0. The lowest BCUT2D eigenvalue weighted by molar-refractivity contribution is -0.0499. The number of rotatable bonds is 3. The highest BCUT2D eigenvalue weighted by atomic mass is 32.2. The molecule has 0 fully saturated rings. The molecule has 1 aromatic heterocycles. The van der Waals surface area contributed by atoms with Gasteiger partial charge in [-0.3, -0.25) is 0 Å². The van der Waals surface area contributed by atoms with Crippen LogP contribution in [-0.2, 0) is 10.1 Å². The van der Waals surface area contributed by atoms with Gasteiger partial charge in [0, 0.05) is 5.39 Å². The fraction of sp³-hybridized carbons (Fsp3) is 0.0667. The maximum atomic E-state index is 12.7. The van der Waals surface area contributed by atoms with Gasteiger partial charge in [0.2, 0.25) is 0 Å². The van der Waals surface area contributed by atoms with Gasteiger partial charge in [0.25, 0.3) is 0 Å². The summed E-state index contributed by atoms with van der Waals surface area (Å²) in [4.78, 5) is 7.56. The van der Waals surface area contributed by atoms with E-state index in [2.05, 4.69) is 14.2 Å². The lowest BCUT2D eigenvalue weighted by Crippen LogP contribution is -2.28. The Hall–Kier alpha value is -2.88. The Kier molecular flexibility index (Phi) is 3.99. The molecule has 0 saturated heterocycles. The summed E-state index contributed by atoms with van der Waals surface area (Å²) in [6, 6.07) is 11.3. The molecule has 10 heteroatoms. The minimum absolute atomic E-state index is 0.0166. The molecule has 3 aromatic rings. The summed E-state index contributed by atoms with van der Waals surface area (Å²) in [7, 11) is -5.86. The quantitative estimate of drug-likeness (QED) is 0.563. The van der Waals surface area contributed by atoms with Crippen LogP contribution in [0.15, 0.2) is 48.8 Å². The van der Waals surface area contributed by atoms with Crippen LogP contribution in [0.2, 0.25) is 0 Å². The highest BCUT2D eigenvalue weighted by Crippen LogP contribution is 2.36. The lowest BCUT2D eigenvalue weighted by Gasteiger charge is -2.13. The van der Waals surface area contributed by atoms with E-state index in [4.69, 9.17) is 5.73 Å². The van der Waals surface area contributed by atoms with E-state index >= 15 is 0 Å². The summed E-state index contributed by atoms with van der Waals surface area (Å²) in [6.07, 6.45) is 1.01. The summed E-state index contributed by atoms with van der Waals surface area (Å²) in [5.74, 6) is -0.597. The average Bonchev–Trinajstić information content (AvgIpc) is 2.55. The van der Waals surface area contributed by atoms with Crippen molar-refractivity contribution in [1.29, 1.82) is 0 Å². The van der Waals surface area contributed by atoms with E-state index in [1.165, 1.54) is 0 Å². The van der Waals surface area contributed by atoms with E-state index in [-0.39, 0.29) is 16.7 Å². The van der Waals surface area contributed by atoms with Gasteiger partial charge in [-0.25, -0.2) is 9.97 Å². The molecule has 0 aliphatic carbocycles. The summed E-state index contributed by atoms with van der Waals surface area (Å²) in [5, 5.41) is 0.177. The Bertz CT molecular complexity index is 1040. The monoisotopic (exact) mass is 369 g/mol. The second-order valence-electron chi connectivity index (χ2n) is 4.98. The van der Waals surface area contributed by atoms with Gasteiger partial charge < -0.3 is 9.92 Å². The van der Waals surface area contributed by atoms with Crippen LogP contribution in [0.25, 0.3) is 22.0 Å². The molecule has 0 bridgehead atoms. The fourth-order valence-electron chi connectivity index (χ4n) is 2.18. The molecule has 2 N–H and O–H groups in total. The predicted octanol–water partition coefficient (Wildman–Crippen LogP) is 3.11. The molecule has 25 heavy (non-hydrogen) atoms. The Labute approximate surface area is 140 Å². The third-order valence-electron chi connectivity index (χ3n) is 3.32. The minimum atomic E-state index is -5.86. The molecule has 2 aromatic carbocycles. The summed E-state index contributed by atoms with van der Waals surface area (Å²) >= 11 is 0. The molecule has 130 valence electrons. The number of fused-ring (bicyclic) bond motifs is 1. The van der Waals surface area contributed by atoms with Crippen molar-refractivity contribution in [2.45, 2.75) is 5.51 Å². The number of benzene rings is 2. The van der Waals surface area contributed by atoms with Crippen LogP contribution in [0.4, 0.5) is 19.0 Å². The first-order chi connectivity index (χ1) is 11.7. The number of hydrogen-bond donors (Lipinski definition) is 1. The van der Waals surface area contributed by atoms with Crippen molar-refractivity contribution in [3.63, 3.8) is 0 Å². The van der Waals surface area contributed by atoms with Crippen molar-refractivity contribution >= 4 is 26.8 Å². The Morgan fingerprint density at radius 3 is 2.32 bits per heavy atom. The largest absolute Gasteiger partial charge is 0.534 e. The molecule has 0 aliphatic heterocycles. The van der Waals surface area contributed by atoms with E-state index in [1.807, 2.05) is 0 Å². The molecule has 0 radical (unpaired) electrons. The van der Waals surface area contributed by atoms with E-state index in [0.717, 1.165) is 12.4 Å². The minimum Gasteiger partial charge on any atom is -0.383 e. The maximum absolute atomic E-state index is 12.7. The maximum Gasteiger partial charge on any atom is 0.534 e. The molecule has 0 atom stereocenters. The van der Waals surface area contributed by atoms with Crippen molar-refractivity contribution in [2.75, 3.05) is 5.73 Å².